The number of aryl methyl sites for hydroxylation is 3. The first-order chi connectivity index (χ1) is 11.7. The summed E-state index contributed by atoms with van der Waals surface area (Å²) in [4.78, 5) is 23.5. The number of hydrogen-bond donors (Lipinski definition) is 0. The lowest BCUT2D eigenvalue weighted by Crippen LogP contribution is -2.37. The van der Waals surface area contributed by atoms with Gasteiger partial charge in [-0.2, -0.15) is 5.10 Å². The molecule has 0 bridgehead atoms. The van der Waals surface area contributed by atoms with Crippen molar-refractivity contribution < 1.29 is 0 Å². The minimum Gasteiger partial charge on any atom is -0.293 e. The number of hydrogen-bond acceptors (Lipinski definition) is 5. The summed E-state index contributed by atoms with van der Waals surface area (Å²) < 4.78 is 1.67. The van der Waals surface area contributed by atoms with Crippen molar-refractivity contribution in [3.8, 4) is 0 Å². The van der Waals surface area contributed by atoms with Crippen molar-refractivity contribution in [1.82, 2.24) is 24.6 Å². The zero-order chi connectivity index (χ0) is 16.5. The summed E-state index contributed by atoms with van der Waals surface area (Å²) in [5.41, 5.74) is 4.23. The number of fused-ring (bicyclic) bond motifs is 1. The third-order valence-electron chi connectivity index (χ3n) is 5.11. The molecule has 24 heavy (non-hydrogen) atoms. The van der Waals surface area contributed by atoms with E-state index in [0.29, 0.717) is 12.6 Å². The monoisotopic (exact) mass is 325 g/mol. The van der Waals surface area contributed by atoms with Crippen LogP contribution in [0.15, 0.2) is 23.3 Å². The molecule has 0 amide bonds. The van der Waals surface area contributed by atoms with Crippen LogP contribution in [0.1, 0.15) is 41.9 Å². The van der Waals surface area contributed by atoms with Gasteiger partial charge in [0.2, 0.25) is 0 Å². The zero-order valence-corrected chi connectivity index (χ0v) is 14.1. The predicted octanol–water partition coefficient (Wildman–Crippen LogP) is 1.50. The normalized spacial score (nSPS) is 20.5. The van der Waals surface area contributed by atoms with Crippen molar-refractivity contribution in [1.29, 1.82) is 0 Å². The topological polar surface area (TPSA) is 63.9 Å². The molecule has 4 rings (SSSR count). The molecule has 0 aromatic carbocycles. The molecule has 1 fully saturated rings. The van der Waals surface area contributed by atoms with Gasteiger partial charge in [-0.15, -0.1) is 0 Å². The van der Waals surface area contributed by atoms with E-state index in [2.05, 4.69) is 20.0 Å². The number of aromatic nitrogens is 4. The highest BCUT2D eigenvalue weighted by molar-refractivity contribution is 5.22. The maximum absolute atomic E-state index is 12.3. The van der Waals surface area contributed by atoms with Crippen LogP contribution in [0.3, 0.4) is 0 Å². The zero-order valence-electron chi connectivity index (χ0n) is 14.1. The highest BCUT2D eigenvalue weighted by Crippen LogP contribution is 2.21. The first-order valence-electron chi connectivity index (χ1n) is 8.80. The van der Waals surface area contributed by atoms with Gasteiger partial charge in [-0.05, 0) is 51.1 Å². The van der Waals surface area contributed by atoms with E-state index in [1.54, 1.807) is 10.7 Å². The summed E-state index contributed by atoms with van der Waals surface area (Å²) in [5.74, 6) is 0. The fraction of sp³-hybridized carbons (Fsp3) is 0.556. The summed E-state index contributed by atoms with van der Waals surface area (Å²) in [5, 5.41) is 4.62. The van der Waals surface area contributed by atoms with Gasteiger partial charge in [-0.3, -0.25) is 19.7 Å². The molecular formula is C18H23N5O. The number of nitrogens with zero attached hydrogens (tertiary/aromatic N) is 5. The van der Waals surface area contributed by atoms with Gasteiger partial charge >= 0.3 is 0 Å². The Kier molecular flexibility index (Phi) is 4.14. The van der Waals surface area contributed by atoms with E-state index < -0.39 is 0 Å². The average molecular weight is 325 g/mol. The first kappa shape index (κ1) is 15.4. The third kappa shape index (κ3) is 3.11. The van der Waals surface area contributed by atoms with Crippen LogP contribution in [-0.2, 0) is 25.9 Å². The smallest absolute Gasteiger partial charge is 0.267 e. The van der Waals surface area contributed by atoms with Crippen LogP contribution in [-0.4, -0.2) is 37.2 Å². The molecular weight excluding hydrogens is 302 g/mol. The van der Waals surface area contributed by atoms with E-state index in [-0.39, 0.29) is 5.56 Å². The van der Waals surface area contributed by atoms with Gasteiger partial charge < -0.3 is 0 Å². The van der Waals surface area contributed by atoms with Gasteiger partial charge in [-0.1, -0.05) is 0 Å². The Labute approximate surface area is 141 Å². The molecule has 2 aromatic rings. The average Bonchev–Trinajstić information content (AvgIpc) is 3.19. The van der Waals surface area contributed by atoms with Gasteiger partial charge in [0.05, 0.1) is 23.6 Å². The fourth-order valence-corrected chi connectivity index (χ4v) is 3.79. The van der Waals surface area contributed by atoms with E-state index in [9.17, 15) is 4.79 Å². The largest absolute Gasteiger partial charge is 0.293 e. The Morgan fingerprint density at radius 3 is 2.96 bits per heavy atom. The Hall–Kier alpha value is -2.08. The van der Waals surface area contributed by atoms with Gasteiger partial charge in [0.25, 0.3) is 5.56 Å². The molecule has 0 spiro atoms. The standard InChI is InChI=1S/C18H23N5O/c1-13-9-20-15(10-19-13)11-22-7-3-5-16(22)12-23-18(24)8-14-4-2-6-17(14)21-23/h8-10,16H,2-7,11-12H2,1H3. The number of likely N-dealkylation sites (tertiary alicyclic amines) is 1. The van der Waals surface area contributed by atoms with Crippen LogP contribution in [0.25, 0.3) is 0 Å². The van der Waals surface area contributed by atoms with Crippen molar-refractivity contribution in [2.24, 2.45) is 0 Å². The summed E-state index contributed by atoms with van der Waals surface area (Å²) in [7, 11) is 0. The molecule has 1 aliphatic carbocycles. The van der Waals surface area contributed by atoms with Crippen LogP contribution in [0.2, 0.25) is 0 Å². The van der Waals surface area contributed by atoms with E-state index in [1.807, 2.05) is 19.3 Å². The van der Waals surface area contributed by atoms with Crippen LogP contribution >= 0.6 is 0 Å². The maximum atomic E-state index is 12.3. The molecule has 1 atom stereocenters. The molecule has 3 heterocycles. The molecule has 0 radical (unpaired) electrons. The Bertz CT molecular complexity index is 783. The quantitative estimate of drug-likeness (QED) is 0.852. The molecule has 2 aromatic heterocycles. The van der Waals surface area contributed by atoms with Gasteiger partial charge in [0.15, 0.2) is 0 Å². The second-order valence-electron chi connectivity index (χ2n) is 6.91. The molecule has 2 aliphatic rings. The van der Waals surface area contributed by atoms with Gasteiger partial charge in [-0.25, -0.2) is 4.68 Å². The van der Waals surface area contributed by atoms with E-state index in [0.717, 1.165) is 67.8 Å². The lowest BCUT2D eigenvalue weighted by molar-refractivity contribution is 0.214. The van der Waals surface area contributed by atoms with E-state index >= 15 is 0 Å². The molecule has 0 saturated carbocycles. The van der Waals surface area contributed by atoms with Crippen LogP contribution in [0.4, 0.5) is 0 Å². The summed E-state index contributed by atoms with van der Waals surface area (Å²) in [6.07, 6.45) is 9.04. The van der Waals surface area contributed by atoms with Crippen molar-refractivity contribution in [2.75, 3.05) is 6.54 Å². The van der Waals surface area contributed by atoms with E-state index in [4.69, 9.17) is 0 Å². The summed E-state index contributed by atoms with van der Waals surface area (Å²) in [6, 6.07) is 2.14. The minimum absolute atomic E-state index is 0.0395. The fourth-order valence-electron chi connectivity index (χ4n) is 3.79. The Morgan fingerprint density at radius 2 is 2.12 bits per heavy atom. The molecule has 0 N–H and O–H groups in total. The lowest BCUT2D eigenvalue weighted by Gasteiger charge is -2.24. The van der Waals surface area contributed by atoms with Gasteiger partial charge in [0.1, 0.15) is 0 Å². The van der Waals surface area contributed by atoms with Crippen molar-refractivity contribution in [3.63, 3.8) is 0 Å². The van der Waals surface area contributed by atoms with Crippen LogP contribution < -0.4 is 5.56 Å². The Morgan fingerprint density at radius 1 is 1.21 bits per heavy atom. The molecule has 1 saturated heterocycles. The highest BCUT2D eigenvalue weighted by Gasteiger charge is 2.26. The lowest BCUT2D eigenvalue weighted by atomic mass is 10.2. The predicted molar refractivity (Wildman–Crippen MR) is 90.7 cm³/mol. The molecule has 126 valence electrons. The third-order valence-corrected chi connectivity index (χ3v) is 5.11. The van der Waals surface area contributed by atoms with E-state index in [1.165, 1.54) is 0 Å². The second kappa shape index (κ2) is 6.43. The van der Waals surface area contributed by atoms with Crippen LogP contribution in [0, 0.1) is 6.92 Å². The molecule has 1 aliphatic heterocycles. The SMILES string of the molecule is Cc1cnc(CN2CCCC2Cn2nc3c(cc2=O)CCC3)cn1. The van der Waals surface area contributed by atoms with Crippen LogP contribution in [0.5, 0.6) is 0 Å². The first-order valence-corrected chi connectivity index (χ1v) is 8.80. The second-order valence-corrected chi connectivity index (χ2v) is 6.91. The minimum atomic E-state index is 0.0395. The molecule has 6 nitrogen and oxygen atoms in total. The highest BCUT2D eigenvalue weighted by atomic mass is 16.1. The van der Waals surface area contributed by atoms with Crippen molar-refractivity contribution in [2.45, 2.75) is 58.2 Å². The summed E-state index contributed by atoms with van der Waals surface area (Å²) >= 11 is 0. The number of rotatable bonds is 4. The van der Waals surface area contributed by atoms with Crippen molar-refractivity contribution >= 4 is 0 Å². The summed E-state index contributed by atoms with van der Waals surface area (Å²) in [6.45, 7) is 4.45. The van der Waals surface area contributed by atoms with Crippen molar-refractivity contribution in [3.05, 3.63) is 51.5 Å². The van der Waals surface area contributed by atoms with Gasteiger partial charge in [0, 0.05) is 31.0 Å². The maximum Gasteiger partial charge on any atom is 0.267 e. The molecule has 6 heteroatoms. The Balaban J connectivity index is 1.49. The molecule has 1 unspecified atom stereocenters.